The highest BCUT2D eigenvalue weighted by Crippen LogP contribution is 2.43. The molecule has 0 aliphatic rings. The van der Waals surface area contributed by atoms with Crippen LogP contribution >= 0.6 is 15.9 Å². The van der Waals surface area contributed by atoms with Crippen molar-refractivity contribution >= 4 is 15.9 Å². The highest BCUT2D eigenvalue weighted by Gasteiger charge is 2.21. The van der Waals surface area contributed by atoms with Crippen LogP contribution < -0.4 is 4.74 Å². The van der Waals surface area contributed by atoms with Crippen molar-refractivity contribution in [2.75, 3.05) is 0 Å². The maximum absolute atomic E-state index is 10.9. The summed E-state index contributed by atoms with van der Waals surface area (Å²) < 4.78 is 6.53. The number of hydrogen-bond donors (Lipinski definition) is 1. The molecule has 0 aliphatic carbocycles. The fraction of sp³-hybridized carbons (Fsp3) is 0.333. The topological polar surface area (TPSA) is 29.5 Å². The van der Waals surface area contributed by atoms with Gasteiger partial charge in [0.25, 0.3) is 0 Å². The number of rotatable bonds is 7. The number of ether oxygens (including phenoxy) is 1. The van der Waals surface area contributed by atoms with Crippen LogP contribution in [0.3, 0.4) is 0 Å². The van der Waals surface area contributed by atoms with Crippen molar-refractivity contribution in [2.24, 2.45) is 0 Å². The molecule has 1 N–H and O–H groups in total. The standard InChI is InChI=1S/C27H31BrO2/c1-5-6-11-20-14-10-15-23(19-12-8-7-9-13-19)26(20)30-24-17-22(27(2,3)4)16-21(18-28)25(24)29/h7-10,12-17,29H,5-6,11,18H2,1-4H3. The van der Waals surface area contributed by atoms with Gasteiger partial charge in [0.1, 0.15) is 5.75 Å². The van der Waals surface area contributed by atoms with Crippen LogP contribution in [0.2, 0.25) is 0 Å². The van der Waals surface area contributed by atoms with E-state index in [4.69, 9.17) is 4.74 Å². The Bertz CT molecular complexity index is 988. The second kappa shape index (κ2) is 9.70. The fourth-order valence-corrected chi connectivity index (χ4v) is 3.93. The smallest absolute Gasteiger partial charge is 0.169 e. The third-order valence-electron chi connectivity index (χ3n) is 5.36. The lowest BCUT2D eigenvalue weighted by atomic mass is 9.86. The van der Waals surface area contributed by atoms with Gasteiger partial charge in [0, 0.05) is 16.5 Å². The molecule has 0 fully saturated rings. The number of para-hydroxylation sites is 1. The summed E-state index contributed by atoms with van der Waals surface area (Å²) in [6, 6.07) is 20.6. The molecule has 0 heterocycles. The van der Waals surface area contributed by atoms with E-state index in [9.17, 15) is 5.11 Å². The summed E-state index contributed by atoms with van der Waals surface area (Å²) in [6.07, 6.45) is 3.15. The van der Waals surface area contributed by atoms with E-state index >= 15 is 0 Å². The lowest BCUT2D eigenvalue weighted by Gasteiger charge is -2.23. The Kier molecular flexibility index (Phi) is 7.25. The van der Waals surface area contributed by atoms with Crippen molar-refractivity contribution in [2.45, 2.75) is 57.7 Å². The van der Waals surface area contributed by atoms with Crippen LogP contribution in [0.25, 0.3) is 11.1 Å². The molecule has 3 heteroatoms. The number of hydrogen-bond acceptors (Lipinski definition) is 2. The molecule has 0 saturated heterocycles. The van der Waals surface area contributed by atoms with Gasteiger partial charge in [-0.1, -0.05) is 105 Å². The number of aromatic hydroxyl groups is 1. The Morgan fingerprint density at radius 2 is 1.67 bits per heavy atom. The van der Waals surface area contributed by atoms with Gasteiger partial charge in [0.15, 0.2) is 11.5 Å². The molecule has 0 saturated carbocycles. The first-order chi connectivity index (χ1) is 14.3. The van der Waals surface area contributed by atoms with E-state index in [1.165, 1.54) is 5.56 Å². The van der Waals surface area contributed by atoms with Crippen molar-refractivity contribution in [3.05, 3.63) is 77.4 Å². The molecule has 0 bridgehead atoms. The number of phenolic OH excluding ortho intramolecular Hbond substituents is 1. The van der Waals surface area contributed by atoms with Crippen molar-refractivity contribution in [3.8, 4) is 28.4 Å². The van der Waals surface area contributed by atoms with Gasteiger partial charge in [-0.15, -0.1) is 0 Å². The summed E-state index contributed by atoms with van der Waals surface area (Å²) in [6.45, 7) is 8.71. The third-order valence-corrected chi connectivity index (χ3v) is 5.96. The first-order valence-electron chi connectivity index (χ1n) is 10.6. The molecule has 3 rings (SSSR count). The van der Waals surface area contributed by atoms with Crippen molar-refractivity contribution in [1.29, 1.82) is 0 Å². The lowest BCUT2D eigenvalue weighted by Crippen LogP contribution is -2.11. The van der Waals surface area contributed by atoms with Crippen LogP contribution in [0.15, 0.2) is 60.7 Å². The number of aryl methyl sites for hydroxylation is 1. The third kappa shape index (κ3) is 5.07. The van der Waals surface area contributed by atoms with Gasteiger partial charge in [0.05, 0.1) is 0 Å². The molecule has 0 radical (unpaired) electrons. The molecule has 2 nitrogen and oxygen atoms in total. The number of unbranched alkanes of at least 4 members (excludes halogenated alkanes) is 1. The summed E-state index contributed by atoms with van der Waals surface area (Å²) in [7, 11) is 0. The summed E-state index contributed by atoms with van der Waals surface area (Å²) in [5, 5.41) is 11.5. The summed E-state index contributed by atoms with van der Waals surface area (Å²) in [5.41, 5.74) is 5.25. The molecule has 0 unspecified atom stereocenters. The van der Waals surface area contributed by atoms with Crippen molar-refractivity contribution < 1.29 is 9.84 Å². The van der Waals surface area contributed by atoms with Crippen LogP contribution in [0.4, 0.5) is 0 Å². The molecule has 30 heavy (non-hydrogen) atoms. The van der Waals surface area contributed by atoms with Gasteiger partial charge in [-0.3, -0.25) is 0 Å². The number of benzene rings is 3. The molecule has 0 aliphatic heterocycles. The Morgan fingerprint density at radius 1 is 0.933 bits per heavy atom. The predicted molar refractivity (Wildman–Crippen MR) is 130 cm³/mol. The van der Waals surface area contributed by atoms with E-state index in [2.05, 4.69) is 80.0 Å². The molecular weight excluding hydrogens is 436 g/mol. The first-order valence-corrected chi connectivity index (χ1v) is 11.7. The summed E-state index contributed by atoms with van der Waals surface area (Å²) >= 11 is 3.51. The van der Waals surface area contributed by atoms with E-state index in [-0.39, 0.29) is 11.2 Å². The SMILES string of the molecule is CCCCc1cccc(-c2ccccc2)c1Oc1cc(C(C)(C)C)cc(CBr)c1O. The highest BCUT2D eigenvalue weighted by atomic mass is 79.9. The van der Waals surface area contributed by atoms with E-state index in [1.54, 1.807) is 0 Å². The van der Waals surface area contributed by atoms with E-state index in [1.807, 2.05) is 24.3 Å². The molecule has 3 aromatic carbocycles. The maximum atomic E-state index is 10.9. The Hall–Kier alpha value is -2.26. The highest BCUT2D eigenvalue weighted by molar-refractivity contribution is 9.08. The molecule has 158 valence electrons. The van der Waals surface area contributed by atoms with Gasteiger partial charge in [-0.2, -0.15) is 0 Å². The number of phenols is 1. The molecule has 0 aromatic heterocycles. The normalized spacial score (nSPS) is 11.5. The van der Waals surface area contributed by atoms with Gasteiger partial charge in [-0.05, 0) is 41.0 Å². The van der Waals surface area contributed by atoms with Crippen LogP contribution in [0.1, 0.15) is 57.2 Å². The van der Waals surface area contributed by atoms with E-state index < -0.39 is 0 Å². The molecule has 3 aromatic rings. The van der Waals surface area contributed by atoms with Gasteiger partial charge < -0.3 is 9.84 Å². The van der Waals surface area contributed by atoms with Crippen LogP contribution in [0.5, 0.6) is 17.2 Å². The minimum absolute atomic E-state index is 0.0489. The average molecular weight is 467 g/mol. The van der Waals surface area contributed by atoms with Gasteiger partial charge in [-0.25, -0.2) is 0 Å². The summed E-state index contributed by atoms with van der Waals surface area (Å²) in [4.78, 5) is 0. The van der Waals surface area contributed by atoms with Crippen LogP contribution in [-0.4, -0.2) is 5.11 Å². The second-order valence-electron chi connectivity index (χ2n) is 8.73. The maximum Gasteiger partial charge on any atom is 0.169 e. The Balaban J connectivity index is 2.16. The minimum atomic E-state index is -0.0489. The van der Waals surface area contributed by atoms with Gasteiger partial charge >= 0.3 is 0 Å². The van der Waals surface area contributed by atoms with Crippen LogP contribution in [-0.2, 0) is 17.2 Å². The predicted octanol–water partition coefficient (Wildman–Crippen LogP) is 8.39. The fourth-order valence-electron chi connectivity index (χ4n) is 3.50. The molecular formula is C27H31BrO2. The zero-order chi connectivity index (χ0) is 21.7. The molecule has 0 atom stereocenters. The van der Waals surface area contributed by atoms with Crippen molar-refractivity contribution in [1.82, 2.24) is 0 Å². The number of alkyl halides is 1. The second-order valence-corrected chi connectivity index (χ2v) is 9.29. The zero-order valence-corrected chi connectivity index (χ0v) is 19.9. The lowest BCUT2D eigenvalue weighted by molar-refractivity contribution is 0.404. The zero-order valence-electron chi connectivity index (χ0n) is 18.3. The van der Waals surface area contributed by atoms with E-state index in [0.717, 1.165) is 47.3 Å². The monoisotopic (exact) mass is 466 g/mol. The first kappa shape index (κ1) is 22.4. The molecule has 0 spiro atoms. The quantitative estimate of drug-likeness (QED) is 0.354. The van der Waals surface area contributed by atoms with Crippen LogP contribution in [0, 0.1) is 0 Å². The van der Waals surface area contributed by atoms with Crippen molar-refractivity contribution in [3.63, 3.8) is 0 Å². The summed E-state index contributed by atoms with van der Waals surface area (Å²) in [5.74, 6) is 1.54. The van der Waals surface area contributed by atoms with E-state index in [0.29, 0.717) is 11.1 Å². The molecule has 0 amide bonds. The minimum Gasteiger partial charge on any atom is -0.504 e. The Morgan fingerprint density at radius 3 is 2.30 bits per heavy atom. The average Bonchev–Trinajstić information content (AvgIpc) is 2.74. The Labute approximate surface area is 189 Å². The largest absolute Gasteiger partial charge is 0.504 e. The van der Waals surface area contributed by atoms with Gasteiger partial charge in [0.2, 0.25) is 0 Å². The number of halogens is 1.